The normalized spacial score (nSPS) is 12.8. The molecule has 0 N–H and O–H groups in total. The predicted octanol–water partition coefficient (Wildman–Crippen LogP) is 2.94. The van der Waals surface area contributed by atoms with Gasteiger partial charge in [-0.15, -0.1) is 0 Å². The van der Waals surface area contributed by atoms with E-state index in [2.05, 4.69) is 9.72 Å². The maximum atomic E-state index is 12.5. The zero-order valence-corrected chi connectivity index (χ0v) is 14.2. The number of imidazole rings is 1. The molecule has 1 aliphatic heterocycles. The lowest BCUT2D eigenvalue weighted by atomic mass is 10.3. The van der Waals surface area contributed by atoms with Gasteiger partial charge in [0, 0.05) is 24.1 Å². The van der Waals surface area contributed by atoms with Gasteiger partial charge in [0.1, 0.15) is 11.4 Å². The first-order chi connectivity index (χ1) is 12.1. The molecule has 0 spiro atoms. The van der Waals surface area contributed by atoms with Gasteiger partial charge < -0.3 is 14.2 Å². The Hall–Kier alpha value is -2.55. The van der Waals surface area contributed by atoms with Crippen LogP contribution in [0.3, 0.4) is 0 Å². The van der Waals surface area contributed by atoms with Crippen LogP contribution in [0.1, 0.15) is 5.69 Å². The maximum Gasteiger partial charge on any atom is 0.416 e. The van der Waals surface area contributed by atoms with E-state index in [9.17, 15) is 8.78 Å². The van der Waals surface area contributed by atoms with E-state index in [0.29, 0.717) is 34.2 Å². The molecule has 0 bridgehead atoms. The average molecular weight is 366 g/mol. The Bertz CT molecular complexity index is 961. The average Bonchev–Trinajstić information content (AvgIpc) is 2.98. The van der Waals surface area contributed by atoms with Gasteiger partial charge in [-0.05, 0) is 12.1 Å². The Labute approximate surface area is 146 Å². The molecule has 0 fully saturated rings. The second kappa shape index (κ2) is 6.07. The van der Waals surface area contributed by atoms with Gasteiger partial charge >= 0.3 is 12.6 Å². The van der Waals surface area contributed by atoms with Gasteiger partial charge in [-0.2, -0.15) is 17.3 Å². The van der Waals surface area contributed by atoms with E-state index in [-0.39, 0.29) is 5.75 Å². The number of pyridine rings is 1. The molecule has 6 nitrogen and oxygen atoms in total. The lowest BCUT2D eigenvalue weighted by Crippen LogP contribution is -2.40. The summed E-state index contributed by atoms with van der Waals surface area (Å²) >= 11 is 1.50. The number of fused-ring (bicyclic) bond motifs is 5. The smallest absolute Gasteiger partial charge is 0.416 e. The van der Waals surface area contributed by atoms with Crippen LogP contribution in [0.4, 0.5) is 8.78 Å². The van der Waals surface area contributed by atoms with Crippen molar-refractivity contribution in [3.8, 4) is 23.2 Å². The van der Waals surface area contributed by atoms with Crippen molar-refractivity contribution in [2.75, 3.05) is 14.2 Å². The highest BCUT2D eigenvalue weighted by Crippen LogP contribution is 2.36. The van der Waals surface area contributed by atoms with E-state index >= 15 is 0 Å². The monoisotopic (exact) mass is 366 g/mol. The first kappa shape index (κ1) is 15.9. The summed E-state index contributed by atoms with van der Waals surface area (Å²) in [6.45, 7) is -2.86. The lowest BCUT2D eigenvalue weighted by molar-refractivity contribution is -0.612. The number of ether oxygens (including phenoxy) is 3. The van der Waals surface area contributed by atoms with Crippen molar-refractivity contribution in [1.82, 2.24) is 8.96 Å². The highest BCUT2D eigenvalue weighted by atomic mass is 32.2. The first-order valence-corrected chi connectivity index (χ1v) is 8.33. The van der Waals surface area contributed by atoms with E-state index < -0.39 is 6.61 Å². The van der Waals surface area contributed by atoms with Gasteiger partial charge in [-0.3, -0.25) is 0 Å². The third-order valence-electron chi connectivity index (χ3n) is 3.91. The quantitative estimate of drug-likeness (QED) is 0.665. The molecule has 0 amide bonds. The summed E-state index contributed by atoms with van der Waals surface area (Å²) in [5.41, 5.74) is 2.32. The Balaban J connectivity index is 1.88. The van der Waals surface area contributed by atoms with Crippen molar-refractivity contribution in [2.45, 2.75) is 12.4 Å². The van der Waals surface area contributed by atoms with Gasteiger partial charge in [-0.25, -0.2) is 0 Å². The second-order valence-corrected chi connectivity index (χ2v) is 6.15. The minimum absolute atomic E-state index is 0.105. The van der Waals surface area contributed by atoms with Gasteiger partial charge in [0.2, 0.25) is 0 Å². The fourth-order valence-electron chi connectivity index (χ4n) is 2.86. The summed E-state index contributed by atoms with van der Waals surface area (Å²) in [6, 6.07) is 6.52. The molecular formula is C16H14F2N3O3S+. The minimum atomic E-state index is -2.86. The Morgan fingerprint density at radius 2 is 2.08 bits per heavy atom. The highest BCUT2D eigenvalue weighted by Gasteiger charge is 2.32. The highest BCUT2D eigenvalue weighted by molar-refractivity contribution is 7.97. The standard InChI is InChI=1S/C16H14F2N3O3S/c1-22-13-5-6-20-12(14(13)23-2)8-25-21-11-7-9(24-15(17)18)3-4-10(11)19-16(20)21/h3-7,15H,8H2,1-2H3/q+1. The molecular weight excluding hydrogens is 352 g/mol. The van der Waals surface area contributed by atoms with Crippen LogP contribution in [0.2, 0.25) is 0 Å². The third-order valence-corrected chi connectivity index (χ3v) is 4.94. The molecule has 130 valence electrons. The summed E-state index contributed by atoms with van der Waals surface area (Å²) in [5, 5.41) is 0. The van der Waals surface area contributed by atoms with Crippen LogP contribution in [0.25, 0.3) is 17.0 Å². The molecule has 1 aromatic carbocycles. The van der Waals surface area contributed by atoms with E-state index in [4.69, 9.17) is 9.47 Å². The topological polar surface area (TPSA) is 49.4 Å². The van der Waals surface area contributed by atoms with E-state index in [0.717, 1.165) is 5.69 Å². The molecule has 1 aliphatic rings. The third kappa shape index (κ3) is 2.55. The van der Waals surface area contributed by atoms with Crippen molar-refractivity contribution in [3.63, 3.8) is 0 Å². The number of benzene rings is 1. The van der Waals surface area contributed by atoms with Crippen LogP contribution in [0.5, 0.6) is 17.2 Å². The molecule has 0 radical (unpaired) electrons. The fourth-order valence-corrected chi connectivity index (χ4v) is 3.91. The second-order valence-electron chi connectivity index (χ2n) is 5.24. The number of rotatable bonds is 4. The van der Waals surface area contributed by atoms with Gasteiger partial charge in [0.05, 0.1) is 26.2 Å². The van der Waals surface area contributed by atoms with Crippen molar-refractivity contribution in [1.29, 1.82) is 0 Å². The molecule has 25 heavy (non-hydrogen) atoms. The molecule has 3 aromatic rings. The van der Waals surface area contributed by atoms with Crippen LogP contribution in [0.15, 0.2) is 30.5 Å². The van der Waals surface area contributed by atoms with Gasteiger partial charge in [0.25, 0.3) is 0 Å². The van der Waals surface area contributed by atoms with Gasteiger partial charge in [-0.1, -0.05) is 4.98 Å². The summed E-state index contributed by atoms with van der Waals surface area (Å²) in [6.07, 6.45) is 1.85. The summed E-state index contributed by atoms with van der Waals surface area (Å²) in [7, 11) is 3.18. The molecule has 0 unspecified atom stereocenters. The summed E-state index contributed by atoms with van der Waals surface area (Å²) in [4.78, 5) is 4.61. The fraction of sp³-hybridized carbons (Fsp3) is 0.250. The van der Waals surface area contributed by atoms with Crippen molar-refractivity contribution in [2.24, 2.45) is 0 Å². The van der Waals surface area contributed by atoms with Gasteiger partial charge in [0.15, 0.2) is 22.5 Å². The maximum absolute atomic E-state index is 12.5. The zero-order valence-electron chi connectivity index (χ0n) is 13.4. The Morgan fingerprint density at radius 3 is 2.80 bits per heavy atom. The van der Waals surface area contributed by atoms with E-state index in [1.807, 2.05) is 14.7 Å². The van der Waals surface area contributed by atoms with Crippen LogP contribution in [-0.4, -0.2) is 29.8 Å². The van der Waals surface area contributed by atoms with E-state index in [1.54, 1.807) is 32.4 Å². The number of hydrogen-bond acceptors (Lipinski definition) is 5. The lowest BCUT2D eigenvalue weighted by Gasteiger charge is -2.17. The minimum Gasteiger partial charge on any atom is -0.493 e. The van der Waals surface area contributed by atoms with Crippen LogP contribution in [-0.2, 0) is 5.75 Å². The molecule has 0 atom stereocenters. The molecule has 9 heteroatoms. The number of halogens is 2. The summed E-state index contributed by atoms with van der Waals surface area (Å²) in [5.74, 6) is 2.67. The number of alkyl halides is 2. The molecule has 0 aliphatic carbocycles. The molecule has 3 heterocycles. The molecule has 4 rings (SSSR count). The predicted molar refractivity (Wildman–Crippen MR) is 87.7 cm³/mol. The largest absolute Gasteiger partial charge is 0.493 e. The number of hydrogen-bond donors (Lipinski definition) is 0. The number of aromatic nitrogens is 3. The Kier molecular flexibility index (Phi) is 3.87. The SMILES string of the molecule is COc1cc[n+]2c(c1OC)CSn1c-2nc2ccc(OC(F)F)cc21. The molecule has 0 saturated heterocycles. The van der Waals surface area contributed by atoms with Crippen LogP contribution < -0.4 is 18.8 Å². The summed E-state index contributed by atoms with van der Waals surface area (Å²) < 4.78 is 44.0. The zero-order chi connectivity index (χ0) is 17.6. The van der Waals surface area contributed by atoms with Crippen LogP contribution >= 0.6 is 11.9 Å². The molecule has 2 aromatic heterocycles. The van der Waals surface area contributed by atoms with Crippen molar-refractivity contribution < 1.29 is 27.6 Å². The van der Waals surface area contributed by atoms with Crippen molar-refractivity contribution >= 4 is 23.0 Å². The van der Waals surface area contributed by atoms with Crippen molar-refractivity contribution in [3.05, 3.63) is 36.2 Å². The van der Waals surface area contributed by atoms with Crippen LogP contribution in [0, 0.1) is 0 Å². The number of nitrogens with zero attached hydrogens (tertiary/aromatic N) is 3. The first-order valence-electron chi connectivity index (χ1n) is 7.39. The molecule has 0 saturated carbocycles. The Morgan fingerprint density at radius 1 is 1.24 bits per heavy atom. The number of methoxy groups -OCH3 is 2. The van der Waals surface area contributed by atoms with E-state index in [1.165, 1.54) is 18.0 Å².